The van der Waals surface area contributed by atoms with Crippen molar-refractivity contribution < 1.29 is 9.59 Å². The van der Waals surface area contributed by atoms with Gasteiger partial charge in [-0.25, -0.2) is 4.98 Å². The van der Waals surface area contributed by atoms with E-state index in [2.05, 4.69) is 10.4 Å². The average Bonchev–Trinajstić information content (AvgIpc) is 3.50. The fourth-order valence-electron chi connectivity index (χ4n) is 3.91. The van der Waals surface area contributed by atoms with E-state index in [0.717, 1.165) is 32.6 Å². The van der Waals surface area contributed by atoms with Crippen LogP contribution in [0.3, 0.4) is 0 Å². The number of carbonyl (C=O) groups is 2. The maximum atomic E-state index is 13.1. The molecule has 1 aliphatic heterocycles. The molecular weight excluding hydrogens is 426 g/mol. The molecule has 4 aromatic rings. The Labute approximate surface area is 188 Å². The first-order valence-corrected chi connectivity index (χ1v) is 12.0. The molecular formula is C24H21N3O2S2. The Hall–Kier alpha value is -3.03. The van der Waals surface area contributed by atoms with Crippen LogP contribution in [0.15, 0.2) is 64.7 Å². The van der Waals surface area contributed by atoms with Gasteiger partial charge in [-0.05, 0) is 28.3 Å². The summed E-state index contributed by atoms with van der Waals surface area (Å²) in [7, 11) is 0. The molecule has 0 N–H and O–H groups in total. The van der Waals surface area contributed by atoms with E-state index < -0.39 is 0 Å². The Morgan fingerprint density at radius 2 is 1.68 bits per heavy atom. The van der Waals surface area contributed by atoms with Crippen LogP contribution in [0.5, 0.6) is 0 Å². The van der Waals surface area contributed by atoms with Crippen molar-refractivity contribution in [3.63, 3.8) is 0 Å². The van der Waals surface area contributed by atoms with Crippen LogP contribution in [0.25, 0.3) is 21.3 Å². The van der Waals surface area contributed by atoms with Crippen molar-refractivity contribution >= 4 is 45.3 Å². The second kappa shape index (κ2) is 8.61. The lowest BCUT2D eigenvalue weighted by Gasteiger charge is -2.35. The third-order valence-electron chi connectivity index (χ3n) is 5.59. The van der Waals surface area contributed by atoms with E-state index in [1.807, 2.05) is 69.1 Å². The number of hydrogen-bond acceptors (Lipinski definition) is 5. The van der Waals surface area contributed by atoms with Crippen LogP contribution in [0, 0.1) is 0 Å². The van der Waals surface area contributed by atoms with Crippen LogP contribution < -0.4 is 0 Å². The van der Waals surface area contributed by atoms with Crippen LogP contribution in [0.1, 0.15) is 16.1 Å². The van der Waals surface area contributed by atoms with Crippen molar-refractivity contribution in [3.05, 3.63) is 75.9 Å². The van der Waals surface area contributed by atoms with Gasteiger partial charge >= 0.3 is 0 Å². The summed E-state index contributed by atoms with van der Waals surface area (Å²) in [6.07, 6.45) is 0.303. The Bertz CT molecular complexity index is 1220. The molecule has 0 radical (unpaired) electrons. The zero-order valence-corrected chi connectivity index (χ0v) is 18.5. The van der Waals surface area contributed by atoms with Crippen LogP contribution in [-0.2, 0) is 11.2 Å². The van der Waals surface area contributed by atoms with E-state index in [-0.39, 0.29) is 11.8 Å². The summed E-state index contributed by atoms with van der Waals surface area (Å²) in [5.41, 5.74) is 2.64. The summed E-state index contributed by atoms with van der Waals surface area (Å²) in [6, 6.07) is 15.8. The Balaban J connectivity index is 1.21. The summed E-state index contributed by atoms with van der Waals surface area (Å²) in [4.78, 5) is 34.2. The lowest BCUT2D eigenvalue weighted by molar-refractivity contribution is -0.132. The van der Waals surface area contributed by atoms with E-state index in [1.54, 1.807) is 22.7 Å². The fourth-order valence-corrected chi connectivity index (χ4v) is 5.45. The first-order valence-electron chi connectivity index (χ1n) is 10.2. The van der Waals surface area contributed by atoms with Gasteiger partial charge in [-0.15, -0.1) is 11.3 Å². The molecule has 156 valence electrons. The highest BCUT2D eigenvalue weighted by Crippen LogP contribution is 2.26. The maximum Gasteiger partial charge on any atom is 0.254 e. The van der Waals surface area contributed by atoms with Gasteiger partial charge in [0.2, 0.25) is 5.91 Å². The third-order valence-corrected chi connectivity index (χ3v) is 7.22. The van der Waals surface area contributed by atoms with Crippen molar-refractivity contribution in [3.8, 4) is 10.6 Å². The van der Waals surface area contributed by atoms with Crippen molar-refractivity contribution in [2.24, 2.45) is 0 Å². The molecule has 0 unspecified atom stereocenters. The topological polar surface area (TPSA) is 53.5 Å². The van der Waals surface area contributed by atoms with E-state index in [1.165, 1.54) is 0 Å². The predicted molar refractivity (Wildman–Crippen MR) is 126 cm³/mol. The molecule has 31 heavy (non-hydrogen) atoms. The monoisotopic (exact) mass is 447 g/mol. The summed E-state index contributed by atoms with van der Waals surface area (Å²) in [6.45, 7) is 2.20. The smallest absolute Gasteiger partial charge is 0.254 e. The minimum absolute atomic E-state index is 0.0313. The van der Waals surface area contributed by atoms with Crippen LogP contribution >= 0.6 is 22.7 Å². The number of rotatable bonds is 4. The molecule has 1 fully saturated rings. The summed E-state index contributed by atoms with van der Waals surface area (Å²) in [5, 5.41) is 9.04. The Morgan fingerprint density at radius 1 is 0.903 bits per heavy atom. The molecule has 1 aliphatic rings. The lowest BCUT2D eigenvalue weighted by atomic mass is 10.0. The van der Waals surface area contributed by atoms with Crippen LogP contribution in [0.4, 0.5) is 0 Å². The minimum Gasteiger partial charge on any atom is -0.339 e. The van der Waals surface area contributed by atoms with Crippen molar-refractivity contribution in [1.82, 2.24) is 14.8 Å². The highest BCUT2D eigenvalue weighted by atomic mass is 32.1. The molecule has 0 saturated carbocycles. The number of hydrogen-bond donors (Lipinski definition) is 0. The van der Waals surface area contributed by atoms with Crippen molar-refractivity contribution in [2.75, 3.05) is 26.2 Å². The van der Waals surface area contributed by atoms with Crippen LogP contribution in [0.2, 0.25) is 0 Å². The number of carbonyl (C=O) groups excluding carboxylic acids is 2. The zero-order chi connectivity index (χ0) is 21.2. The number of nitrogens with zero attached hydrogens (tertiary/aromatic N) is 3. The van der Waals surface area contributed by atoms with E-state index >= 15 is 0 Å². The van der Waals surface area contributed by atoms with Gasteiger partial charge in [0.1, 0.15) is 5.01 Å². The molecule has 3 heterocycles. The highest BCUT2D eigenvalue weighted by molar-refractivity contribution is 7.14. The third kappa shape index (κ3) is 4.11. The van der Waals surface area contributed by atoms with Crippen LogP contribution in [-0.4, -0.2) is 52.8 Å². The number of fused-ring (bicyclic) bond motifs is 1. The number of thiazole rings is 1. The number of aromatic nitrogens is 1. The average molecular weight is 448 g/mol. The Kier molecular flexibility index (Phi) is 5.53. The molecule has 0 bridgehead atoms. The van der Waals surface area contributed by atoms with Crippen molar-refractivity contribution in [2.45, 2.75) is 6.42 Å². The summed E-state index contributed by atoms with van der Waals surface area (Å²) in [5.74, 6) is 0.100. The SMILES string of the molecule is O=C(Cc1csc(-c2ccsc2)n1)N1CCN(C(=O)c2cccc3ccccc23)CC1. The molecule has 2 aromatic heterocycles. The molecule has 7 heteroatoms. The standard InChI is InChI=1S/C24H21N3O2S2/c28-22(14-19-16-31-23(25-19)18-8-13-30-15-18)26-9-11-27(12-10-26)24(29)21-7-3-5-17-4-1-2-6-20(17)21/h1-8,13,15-16H,9-12,14H2. The molecule has 0 spiro atoms. The molecule has 0 aliphatic carbocycles. The second-order valence-corrected chi connectivity index (χ2v) is 9.17. The minimum atomic E-state index is 0.0313. The number of piperazine rings is 1. The van der Waals surface area contributed by atoms with Gasteiger partial charge in [0.25, 0.3) is 5.91 Å². The van der Waals surface area contributed by atoms with Gasteiger partial charge in [0, 0.05) is 48.1 Å². The van der Waals surface area contributed by atoms with E-state index in [4.69, 9.17) is 0 Å². The largest absolute Gasteiger partial charge is 0.339 e. The molecule has 2 amide bonds. The van der Waals surface area contributed by atoms with Gasteiger partial charge in [-0.1, -0.05) is 36.4 Å². The second-order valence-electron chi connectivity index (χ2n) is 7.53. The van der Waals surface area contributed by atoms with Gasteiger partial charge in [-0.2, -0.15) is 11.3 Å². The first-order chi connectivity index (χ1) is 15.2. The maximum absolute atomic E-state index is 13.1. The normalized spacial score (nSPS) is 14.2. The zero-order valence-electron chi connectivity index (χ0n) is 16.9. The molecule has 2 aromatic carbocycles. The van der Waals surface area contributed by atoms with Crippen molar-refractivity contribution in [1.29, 1.82) is 0 Å². The van der Waals surface area contributed by atoms with Gasteiger partial charge in [0.15, 0.2) is 0 Å². The van der Waals surface area contributed by atoms with E-state index in [9.17, 15) is 9.59 Å². The number of amides is 2. The molecule has 0 atom stereocenters. The van der Waals surface area contributed by atoms with Gasteiger partial charge in [-0.3, -0.25) is 9.59 Å². The quantitative estimate of drug-likeness (QED) is 0.461. The number of benzene rings is 2. The fraction of sp³-hybridized carbons (Fsp3) is 0.208. The summed E-state index contributed by atoms with van der Waals surface area (Å²) < 4.78 is 0. The van der Waals surface area contributed by atoms with E-state index in [0.29, 0.717) is 32.6 Å². The first kappa shape index (κ1) is 19.9. The van der Waals surface area contributed by atoms with Gasteiger partial charge < -0.3 is 9.80 Å². The molecule has 5 nitrogen and oxygen atoms in total. The molecule has 1 saturated heterocycles. The highest BCUT2D eigenvalue weighted by Gasteiger charge is 2.26. The number of thiophene rings is 1. The lowest BCUT2D eigenvalue weighted by Crippen LogP contribution is -2.51. The Morgan fingerprint density at radius 3 is 2.48 bits per heavy atom. The molecule has 5 rings (SSSR count). The van der Waals surface area contributed by atoms with Gasteiger partial charge in [0.05, 0.1) is 12.1 Å². The predicted octanol–water partition coefficient (Wildman–Crippen LogP) is 4.55. The summed E-state index contributed by atoms with van der Waals surface area (Å²) >= 11 is 3.21.